The second-order valence-electron chi connectivity index (χ2n) is 3.93. The molecule has 1 rings (SSSR count). The Morgan fingerprint density at radius 2 is 2.11 bits per heavy atom. The van der Waals surface area contributed by atoms with Gasteiger partial charge in [-0.05, 0) is 36.4 Å². The first-order chi connectivity index (χ1) is 9.21. The number of nitrogens with zero attached hydrogens (tertiary/aromatic N) is 1. The van der Waals surface area contributed by atoms with E-state index in [0.29, 0.717) is 6.61 Å². The van der Waals surface area contributed by atoms with Crippen molar-refractivity contribution in [2.75, 3.05) is 12.9 Å². The van der Waals surface area contributed by atoms with E-state index in [2.05, 4.69) is 0 Å². The molecule has 100 valence electrons. The predicted molar refractivity (Wildman–Crippen MR) is 77.7 cm³/mol. The number of hydrogen-bond acceptors (Lipinski definition) is 4. The first-order valence-corrected chi connectivity index (χ1v) is 7.36. The lowest BCUT2D eigenvalue weighted by molar-refractivity contribution is -0.138. The van der Waals surface area contributed by atoms with Crippen molar-refractivity contribution in [3.63, 3.8) is 0 Å². The van der Waals surface area contributed by atoms with Crippen LogP contribution in [0.5, 0.6) is 0 Å². The maximum atomic E-state index is 11.7. The van der Waals surface area contributed by atoms with Crippen LogP contribution in [0.25, 0.3) is 6.08 Å². The number of hydrogen-bond donors (Lipinski definition) is 0. The Labute approximate surface area is 118 Å². The summed E-state index contributed by atoms with van der Waals surface area (Å²) in [4.78, 5) is 12.8. The van der Waals surface area contributed by atoms with Gasteiger partial charge in [-0.1, -0.05) is 25.5 Å². The van der Waals surface area contributed by atoms with Crippen LogP contribution in [0.2, 0.25) is 0 Å². The SMILES string of the molecule is CCCCOC(=O)/C(C#N)=C\c1ccc(SC)cc1. The molecule has 0 fully saturated rings. The smallest absolute Gasteiger partial charge is 0.348 e. The van der Waals surface area contributed by atoms with E-state index in [1.807, 2.05) is 43.5 Å². The van der Waals surface area contributed by atoms with Crippen molar-refractivity contribution in [2.24, 2.45) is 0 Å². The molecule has 0 unspecified atom stereocenters. The molecule has 1 aromatic carbocycles. The van der Waals surface area contributed by atoms with Gasteiger partial charge in [-0.25, -0.2) is 4.79 Å². The lowest BCUT2D eigenvalue weighted by Gasteiger charge is -2.02. The molecular formula is C15H17NO2S. The lowest BCUT2D eigenvalue weighted by Crippen LogP contribution is -2.07. The summed E-state index contributed by atoms with van der Waals surface area (Å²) < 4.78 is 5.02. The fraction of sp³-hybridized carbons (Fsp3) is 0.333. The first kappa shape index (κ1) is 15.3. The highest BCUT2D eigenvalue weighted by Gasteiger charge is 2.10. The highest BCUT2D eigenvalue weighted by molar-refractivity contribution is 7.98. The van der Waals surface area contributed by atoms with Crippen LogP contribution in [0.4, 0.5) is 0 Å². The van der Waals surface area contributed by atoms with Gasteiger partial charge < -0.3 is 4.74 Å². The van der Waals surface area contributed by atoms with Gasteiger partial charge >= 0.3 is 5.97 Å². The van der Waals surface area contributed by atoms with Gasteiger partial charge in [0.2, 0.25) is 0 Å². The Hall–Kier alpha value is -1.73. The minimum absolute atomic E-state index is 0.0352. The molecule has 0 saturated carbocycles. The summed E-state index contributed by atoms with van der Waals surface area (Å²) in [6.07, 6.45) is 5.32. The molecule has 0 aliphatic heterocycles. The number of unbranched alkanes of at least 4 members (excludes halogenated alkanes) is 1. The highest BCUT2D eigenvalue weighted by atomic mass is 32.2. The minimum atomic E-state index is -0.551. The number of ether oxygens (including phenoxy) is 1. The number of esters is 1. The summed E-state index contributed by atoms with van der Waals surface area (Å²) in [5, 5.41) is 8.99. The van der Waals surface area contributed by atoms with Gasteiger partial charge in [-0.3, -0.25) is 0 Å². The molecule has 0 bridgehead atoms. The van der Waals surface area contributed by atoms with Crippen LogP contribution in [0, 0.1) is 11.3 Å². The molecule has 4 heteroatoms. The van der Waals surface area contributed by atoms with Crippen LogP contribution >= 0.6 is 11.8 Å². The van der Waals surface area contributed by atoms with Gasteiger partial charge in [-0.2, -0.15) is 5.26 Å². The summed E-state index contributed by atoms with van der Waals surface area (Å²) in [6, 6.07) is 9.55. The Morgan fingerprint density at radius 1 is 1.42 bits per heavy atom. The van der Waals surface area contributed by atoms with E-state index < -0.39 is 5.97 Å². The third-order valence-corrected chi connectivity index (χ3v) is 3.24. The van der Waals surface area contributed by atoms with E-state index in [9.17, 15) is 4.79 Å². The second kappa shape index (κ2) is 8.39. The van der Waals surface area contributed by atoms with Crippen molar-refractivity contribution in [3.05, 3.63) is 35.4 Å². The number of rotatable bonds is 6. The standard InChI is InChI=1S/C15H17NO2S/c1-3-4-9-18-15(17)13(11-16)10-12-5-7-14(19-2)8-6-12/h5-8,10H,3-4,9H2,1-2H3/b13-10-. The fourth-order valence-electron chi connectivity index (χ4n) is 1.39. The van der Waals surface area contributed by atoms with Gasteiger partial charge in [0, 0.05) is 4.90 Å². The van der Waals surface area contributed by atoms with Crippen molar-refractivity contribution in [3.8, 4) is 6.07 Å². The van der Waals surface area contributed by atoms with E-state index in [1.165, 1.54) is 0 Å². The normalized spacial score (nSPS) is 10.9. The summed E-state index contributed by atoms with van der Waals surface area (Å²) >= 11 is 1.64. The number of carbonyl (C=O) groups excluding carboxylic acids is 1. The average Bonchev–Trinajstić information content (AvgIpc) is 2.45. The molecule has 0 radical (unpaired) electrons. The summed E-state index contributed by atoms with van der Waals surface area (Å²) in [6.45, 7) is 2.38. The topological polar surface area (TPSA) is 50.1 Å². The highest BCUT2D eigenvalue weighted by Crippen LogP contribution is 2.16. The van der Waals surface area contributed by atoms with Crippen LogP contribution in [0.15, 0.2) is 34.7 Å². The van der Waals surface area contributed by atoms with Gasteiger partial charge in [0.25, 0.3) is 0 Å². The monoisotopic (exact) mass is 275 g/mol. The molecule has 0 heterocycles. The maximum absolute atomic E-state index is 11.7. The van der Waals surface area contributed by atoms with E-state index >= 15 is 0 Å². The first-order valence-electron chi connectivity index (χ1n) is 6.14. The van der Waals surface area contributed by atoms with E-state index in [0.717, 1.165) is 23.3 Å². The number of nitriles is 1. The maximum Gasteiger partial charge on any atom is 0.348 e. The van der Waals surface area contributed by atoms with Gasteiger partial charge in [0.05, 0.1) is 6.61 Å². The molecule has 0 aliphatic carbocycles. The van der Waals surface area contributed by atoms with Gasteiger partial charge in [0.15, 0.2) is 0 Å². The van der Waals surface area contributed by atoms with Crippen LogP contribution in [-0.2, 0) is 9.53 Å². The Bertz CT molecular complexity index is 486. The minimum Gasteiger partial charge on any atom is -0.462 e. The number of benzene rings is 1. The summed E-state index contributed by atoms with van der Waals surface area (Å²) in [5.74, 6) is -0.551. The zero-order chi connectivity index (χ0) is 14.1. The third-order valence-electron chi connectivity index (χ3n) is 2.50. The summed E-state index contributed by atoms with van der Waals surface area (Å²) in [5.41, 5.74) is 0.856. The molecular weight excluding hydrogens is 258 g/mol. The third kappa shape index (κ3) is 5.19. The largest absolute Gasteiger partial charge is 0.462 e. The van der Waals surface area contributed by atoms with E-state index in [-0.39, 0.29) is 5.57 Å². The Balaban J connectivity index is 2.75. The summed E-state index contributed by atoms with van der Waals surface area (Å²) in [7, 11) is 0. The molecule has 19 heavy (non-hydrogen) atoms. The van der Waals surface area contributed by atoms with Crippen molar-refractivity contribution >= 4 is 23.8 Å². The molecule has 0 aliphatic rings. The molecule has 0 amide bonds. The number of thioether (sulfide) groups is 1. The van der Waals surface area contributed by atoms with Crippen molar-refractivity contribution in [1.82, 2.24) is 0 Å². The molecule has 0 spiro atoms. The Kier molecular flexibility index (Phi) is 6.76. The van der Waals surface area contributed by atoms with E-state index in [4.69, 9.17) is 10.00 Å². The molecule has 0 atom stereocenters. The second-order valence-corrected chi connectivity index (χ2v) is 4.81. The van der Waals surface area contributed by atoms with Crippen LogP contribution in [0.3, 0.4) is 0 Å². The molecule has 0 aromatic heterocycles. The van der Waals surface area contributed by atoms with Crippen LogP contribution in [-0.4, -0.2) is 18.8 Å². The molecule has 0 saturated heterocycles. The Morgan fingerprint density at radius 3 is 2.63 bits per heavy atom. The van der Waals surface area contributed by atoms with E-state index in [1.54, 1.807) is 17.8 Å². The predicted octanol–water partition coefficient (Wildman–Crippen LogP) is 3.66. The lowest BCUT2D eigenvalue weighted by atomic mass is 10.1. The van der Waals surface area contributed by atoms with Crippen molar-refractivity contribution < 1.29 is 9.53 Å². The van der Waals surface area contributed by atoms with Gasteiger partial charge in [-0.15, -0.1) is 11.8 Å². The zero-order valence-corrected chi connectivity index (χ0v) is 12.0. The van der Waals surface area contributed by atoms with Gasteiger partial charge in [0.1, 0.15) is 11.6 Å². The van der Waals surface area contributed by atoms with Crippen LogP contribution < -0.4 is 0 Å². The molecule has 0 N–H and O–H groups in total. The molecule has 3 nitrogen and oxygen atoms in total. The average molecular weight is 275 g/mol. The number of carbonyl (C=O) groups is 1. The zero-order valence-electron chi connectivity index (χ0n) is 11.2. The van der Waals surface area contributed by atoms with Crippen LogP contribution in [0.1, 0.15) is 25.3 Å². The quantitative estimate of drug-likeness (QED) is 0.261. The van der Waals surface area contributed by atoms with Crippen molar-refractivity contribution in [2.45, 2.75) is 24.7 Å². The fourth-order valence-corrected chi connectivity index (χ4v) is 1.80. The van der Waals surface area contributed by atoms with Crippen molar-refractivity contribution in [1.29, 1.82) is 5.26 Å². The molecule has 1 aromatic rings.